The number of alkyl carbamates (subject to hydrolysis) is 1. The molecule has 0 aromatic heterocycles. The van der Waals surface area contributed by atoms with Crippen molar-refractivity contribution in [1.82, 2.24) is 5.32 Å². The fourth-order valence-electron chi connectivity index (χ4n) is 3.17. The first-order valence-electron chi connectivity index (χ1n) is 12.1. The minimum Gasteiger partial charge on any atom is -0.502 e. The number of allylic oxidation sites excluding steroid dienone is 1. The molecule has 0 spiro atoms. The highest BCUT2D eigenvalue weighted by molar-refractivity contribution is 6.08. The summed E-state index contributed by atoms with van der Waals surface area (Å²) in [5.74, 6) is -2.57. The minimum atomic E-state index is -1.59. The zero-order valence-electron chi connectivity index (χ0n) is 21.5. The first-order valence-corrected chi connectivity index (χ1v) is 12.1. The maximum atomic E-state index is 12.5. The minimum absolute atomic E-state index is 0.126. The molecule has 1 amide bonds. The quantitative estimate of drug-likeness (QED) is 0.132. The molecule has 3 N–H and O–H groups in total. The Morgan fingerprint density at radius 3 is 2.19 bits per heavy atom. The number of carbonyl (C=O) groups excluding carboxylic acids is 2. The van der Waals surface area contributed by atoms with Crippen molar-refractivity contribution in [3.63, 3.8) is 0 Å². The number of carbonyl (C=O) groups is 3. The van der Waals surface area contributed by atoms with E-state index in [1.807, 2.05) is 51.1 Å². The Hall–Kier alpha value is -4.01. The van der Waals surface area contributed by atoms with Gasteiger partial charge in [-0.15, -0.1) is 0 Å². The molecule has 2 rings (SSSR count). The van der Waals surface area contributed by atoms with Gasteiger partial charge in [-0.2, -0.15) is 0 Å². The number of amides is 1. The monoisotopic (exact) mass is 513 g/mol. The van der Waals surface area contributed by atoms with E-state index in [1.54, 1.807) is 6.07 Å². The molecule has 0 atom stereocenters. The molecule has 9 heteroatoms. The third-order valence-corrected chi connectivity index (χ3v) is 4.91. The summed E-state index contributed by atoms with van der Waals surface area (Å²) in [6.07, 6.45) is 3.55. The number of aliphatic hydroxyl groups is 1. The number of nitrogens with one attached hydrogen (secondary N) is 1. The second-order valence-electron chi connectivity index (χ2n) is 9.36. The van der Waals surface area contributed by atoms with E-state index in [2.05, 4.69) is 5.32 Å². The first-order chi connectivity index (χ1) is 17.5. The average Bonchev–Trinajstić information content (AvgIpc) is 2.83. The topological polar surface area (TPSA) is 131 Å². The van der Waals surface area contributed by atoms with Gasteiger partial charge in [0.05, 0.1) is 6.61 Å². The summed E-state index contributed by atoms with van der Waals surface area (Å²) < 4.78 is 16.8. The summed E-state index contributed by atoms with van der Waals surface area (Å²) in [7, 11) is 0. The molecular formula is C28H35NO8. The van der Waals surface area contributed by atoms with Crippen LogP contribution in [0.2, 0.25) is 0 Å². The van der Waals surface area contributed by atoms with Crippen molar-refractivity contribution in [2.75, 3.05) is 13.2 Å². The number of aliphatic hydroxyl groups excluding tert-OH is 1. The Morgan fingerprint density at radius 2 is 1.54 bits per heavy atom. The fourth-order valence-corrected chi connectivity index (χ4v) is 3.17. The van der Waals surface area contributed by atoms with Crippen LogP contribution >= 0.6 is 0 Å². The van der Waals surface area contributed by atoms with Crippen molar-refractivity contribution in [1.29, 1.82) is 0 Å². The zero-order valence-corrected chi connectivity index (χ0v) is 21.5. The molecule has 0 saturated carbocycles. The molecule has 2 aromatic rings. The van der Waals surface area contributed by atoms with Crippen LogP contribution in [-0.2, 0) is 16.1 Å². The van der Waals surface area contributed by atoms with Gasteiger partial charge in [0.15, 0.2) is 5.78 Å². The van der Waals surface area contributed by atoms with Gasteiger partial charge in [-0.25, -0.2) is 9.59 Å². The van der Waals surface area contributed by atoms with Crippen LogP contribution in [0, 0.1) is 0 Å². The van der Waals surface area contributed by atoms with E-state index in [4.69, 9.17) is 19.3 Å². The Bertz CT molecular complexity index is 1070. The zero-order chi connectivity index (χ0) is 27.3. The number of aliphatic carboxylic acids is 1. The Morgan fingerprint density at radius 1 is 0.892 bits per heavy atom. The van der Waals surface area contributed by atoms with Crippen molar-refractivity contribution in [3.8, 4) is 11.5 Å². The lowest BCUT2D eigenvalue weighted by Crippen LogP contribution is -2.32. The van der Waals surface area contributed by atoms with E-state index >= 15 is 0 Å². The predicted octanol–water partition coefficient (Wildman–Crippen LogP) is 5.44. The van der Waals surface area contributed by atoms with Crippen LogP contribution in [0.4, 0.5) is 4.79 Å². The van der Waals surface area contributed by atoms with Gasteiger partial charge in [-0.05, 0) is 51.3 Å². The summed E-state index contributed by atoms with van der Waals surface area (Å²) in [5, 5.41) is 21.0. The van der Waals surface area contributed by atoms with Gasteiger partial charge in [0.1, 0.15) is 23.7 Å². The number of ketones is 1. The number of rotatable bonds is 14. The van der Waals surface area contributed by atoms with Crippen LogP contribution in [0.25, 0.3) is 0 Å². The van der Waals surface area contributed by atoms with E-state index in [9.17, 15) is 19.5 Å². The second-order valence-corrected chi connectivity index (χ2v) is 9.36. The highest BCUT2D eigenvalue weighted by atomic mass is 16.6. The van der Waals surface area contributed by atoms with Crippen LogP contribution < -0.4 is 14.8 Å². The average molecular weight is 514 g/mol. The van der Waals surface area contributed by atoms with Gasteiger partial charge < -0.3 is 29.7 Å². The molecule has 9 nitrogen and oxygen atoms in total. The number of unbranched alkanes of at least 4 members (excludes halogenated alkanes) is 3. The Labute approximate surface area is 217 Å². The van der Waals surface area contributed by atoms with E-state index in [1.165, 1.54) is 12.1 Å². The molecule has 0 aliphatic carbocycles. The number of benzene rings is 2. The maximum absolute atomic E-state index is 12.5. The lowest BCUT2D eigenvalue weighted by Gasteiger charge is -2.19. The lowest BCUT2D eigenvalue weighted by atomic mass is 10.1. The molecular weight excluding hydrogens is 478 g/mol. The smallest absolute Gasteiger partial charge is 0.407 e. The van der Waals surface area contributed by atoms with Crippen LogP contribution in [0.1, 0.15) is 62.4 Å². The SMILES string of the molecule is CC(C)(C)OC(=O)NCCCCCCOc1cc(OCc2ccccc2)cc(C(=O)C=C(O)C(=O)O)c1. The van der Waals surface area contributed by atoms with Crippen LogP contribution in [0.15, 0.2) is 60.4 Å². The normalized spacial score (nSPS) is 11.5. The number of hydrogen-bond donors (Lipinski definition) is 3. The molecule has 37 heavy (non-hydrogen) atoms. The van der Waals surface area contributed by atoms with Gasteiger partial charge in [0.2, 0.25) is 5.76 Å². The molecule has 2 aromatic carbocycles. The molecule has 0 bridgehead atoms. The van der Waals surface area contributed by atoms with Crippen LogP contribution in [0.5, 0.6) is 11.5 Å². The molecule has 0 radical (unpaired) electrons. The van der Waals surface area contributed by atoms with Gasteiger partial charge in [-0.3, -0.25) is 4.79 Å². The highest BCUT2D eigenvalue weighted by Gasteiger charge is 2.15. The number of hydrogen-bond acceptors (Lipinski definition) is 7. The third kappa shape index (κ3) is 12.0. The predicted molar refractivity (Wildman–Crippen MR) is 138 cm³/mol. The summed E-state index contributed by atoms with van der Waals surface area (Å²) in [6, 6.07) is 14.1. The van der Waals surface area contributed by atoms with Gasteiger partial charge in [0.25, 0.3) is 0 Å². The molecule has 0 unspecified atom stereocenters. The van der Waals surface area contributed by atoms with Crippen molar-refractivity contribution in [3.05, 3.63) is 71.5 Å². The number of ether oxygens (including phenoxy) is 3. The first kappa shape index (κ1) is 29.2. The molecule has 0 fully saturated rings. The molecule has 0 aliphatic rings. The summed E-state index contributed by atoms with van der Waals surface area (Å²) in [6.45, 7) is 6.63. The summed E-state index contributed by atoms with van der Waals surface area (Å²) in [4.78, 5) is 35.0. The second kappa shape index (κ2) is 14.5. The van der Waals surface area contributed by atoms with Gasteiger partial charge >= 0.3 is 12.1 Å². The van der Waals surface area contributed by atoms with Crippen molar-refractivity contribution in [2.45, 2.75) is 58.7 Å². The Kier molecular flexibility index (Phi) is 11.5. The maximum Gasteiger partial charge on any atom is 0.407 e. The van der Waals surface area contributed by atoms with Crippen LogP contribution in [-0.4, -0.2) is 46.8 Å². The molecule has 200 valence electrons. The standard InChI is InChI=1S/C28H35NO8/c1-28(2,3)37-27(34)29-13-9-4-5-10-14-35-22-15-21(24(30)18-25(31)26(32)33)16-23(17-22)36-19-20-11-7-6-8-12-20/h6-8,11-12,15-18,31H,4-5,9-10,13-14,19H2,1-3H3,(H,29,34)(H,32,33). The number of carboxylic acid groups (broad SMARTS) is 1. The van der Waals surface area contributed by atoms with Gasteiger partial charge in [0, 0.05) is 24.3 Å². The van der Waals surface area contributed by atoms with E-state index < -0.39 is 29.2 Å². The van der Waals surface area contributed by atoms with E-state index in [0.717, 1.165) is 31.2 Å². The third-order valence-electron chi connectivity index (χ3n) is 4.91. The van der Waals surface area contributed by atoms with E-state index in [-0.39, 0.29) is 12.2 Å². The summed E-state index contributed by atoms with van der Waals surface area (Å²) in [5.41, 5.74) is 0.538. The van der Waals surface area contributed by atoms with Crippen LogP contribution in [0.3, 0.4) is 0 Å². The van der Waals surface area contributed by atoms with Crippen molar-refractivity contribution >= 4 is 17.8 Å². The van der Waals surface area contributed by atoms with Crippen molar-refractivity contribution < 1.29 is 38.8 Å². The van der Waals surface area contributed by atoms with Crippen molar-refractivity contribution in [2.24, 2.45) is 0 Å². The largest absolute Gasteiger partial charge is 0.502 e. The highest BCUT2D eigenvalue weighted by Crippen LogP contribution is 2.25. The number of carboxylic acids is 1. The van der Waals surface area contributed by atoms with E-state index in [0.29, 0.717) is 30.7 Å². The Balaban J connectivity index is 1.89. The van der Waals surface area contributed by atoms with Gasteiger partial charge in [-0.1, -0.05) is 43.2 Å². The lowest BCUT2D eigenvalue weighted by molar-refractivity contribution is -0.135. The fraction of sp³-hybridized carbons (Fsp3) is 0.393. The molecule has 0 saturated heterocycles. The molecule has 0 aliphatic heterocycles. The summed E-state index contributed by atoms with van der Waals surface area (Å²) >= 11 is 0. The molecule has 0 heterocycles.